The third-order valence-electron chi connectivity index (χ3n) is 7.50. The van der Waals surface area contributed by atoms with Crippen molar-refractivity contribution >= 4 is 34.8 Å². The normalized spacial score (nSPS) is 23.4. The van der Waals surface area contributed by atoms with Crippen LogP contribution in [0.25, 0.3) is 5.65 Å². The Balaban J connectivity index is 1.34. The molecule has 0 aromatic carbocycles. The summed E-state index contributed by atoms with van der Waals surface area (Å²) < 4.78 is 1.71. The summed E-state index contributed by atoms with van der Waals surface area (Å²) in [6, 6.07) is 5.64. The standard InChI is InChI=1S/C23H27N9O2/c1-21(2)11-31(12-21)13-4-5-16-27-20(30-32(16)9-13)26-14-8-15(28-29-17(14)18(33)25-3)23(19(24)34)10-22(23)6-7-22/h4-5,8-9H,6-7,10-12H2,1-3H3,(H2,24,34)(H,25,33)(H,26,28,30)/t23-/m0/s1. The molecule has 1 saturated heterocycles. The lowest BCUT2D eigenvalue weighted by Crippen LogP contribution is -2.53. The van der Waals surface area contributed by atoms with Gasteiger partial charge < -0.3 is 21.3 Å². The van der Waals surface area contributed by atoms with Crippen molar-refractivity contribution in [2.45, 2.75) is 38.5 Å². The molecule has 3 aromatic rings. The number of anilines is 3. The molecule has 2 amide bonds. The first-order valence-corrected chi connectivity index (χ1v) is 11.5. The second kappa shape index (κ2) is 6.64. The van der Waals surface area contributed by atoms with Crippen LogP contribution in [0.2, 0.25) is 0 Å². The third-order valence-corrected chi connectivity index (χ3v) is 7.50. The predicted octanol–water partition coefficient (Wildman–Crippen LogP) is 1.38. The van der Waals surface area contributed by atoms with Gasteiger partial charge in [0, 0.05) is 20.1 Å². The van der Waals surface area contributed by atoms with Crippen LogP contribution in [0.5, 0.6) is 0 Å². The van der Waals surface area contributed by atoms with E-state index in [-0.39, 0.29) is 11.1 Å². The van der Waals surface area contributed by atoms with Crippen molar-refractivity contribution in [3.05, 3.63) is 35.8 Å². The minimum atomic E-state index is -0.816. The summed E-state index contributed by atoms with van der Waals surface area (Å²) in [5, 5.41) is 18.6. The fourth-order valence-corrected chi connectivity index (χ4v) is 5.44. The van der Waals surface area contributed by atoms with Gasteiger partial charge in [0.15, 0.2) is 11.3 Å². The van der Waals surface area contributed by atoms with Crippen molar-refractivity contribution in [1.82, 2.24) is 30.1 Å². The molecule has 0 unspecified atom stereocenters. The number of nitrogens with two attached hydrogens (primary N) is 1. The molecular weight excluding hydrogens is 434 g/mol. The summed E-state index contributed by atoms with van der Waals surface area (Å²) in [6.45, 7) is 6.47. The largest absolute Gasteiger partial charge is 0.369 e. The van der Waals surface area contributed by atoms with Crippen LogP contribution in [-0.2, 0) is 10.2 Å². The topological polar surface area (TPSA) is 143 Å². The van der Waals surface area contributed by atoms with E-state index in [1.165, 1.54) is 7.05 Å². The van der Waals surface area contributed by atoms with E-state index in [0.717, 1.165) is 31.6 Å². The number of rotatable bonds is 6. The number of aromatic nitrogens is 5. The molecule has 4 heterocycles. The molecule has 2 aliphatic carbocycles. The zero-order chi connectivity index (χ0) is 23.9. The number of nitrogens with one attached hydrogen (secondary N) is 2. The fraction of sp³-hybridized carbons (Fsp3) is 0.478. The molecule has 1 atom stereocenters. The Morgan fingerprint density at radius 1 is 1.15 bits per heavy atom. The number of hydrogen-bond donors (Lipinski definition) is 3. The molecule has 34 heavy (non-hydrogen) atoms. The van der Waals surface area contributed by atoms with Crippen molar-refractivity contribution in [3.63, 3.8) is 0 Å². The van der Waals surface area contributed by atoms with Crippen LogP contribution < -0.4 is 21.3 Å². The van der Waals surface area contributed by atoms with Crippen LogP contribution in [0.4, 0.5) is 17.3 Å². The van der Waals surface area contributed by atoms with E-state index in [1.54, 1.807) is 10.6 Å². The van der Waals surface area contributed by atoms with E-state index in [0.29, 0.717) is 34.8 Å². The van der Waals surface area contributed by atoms with Crippen LogP contribution in [-0.4, -0.2) is 56.7 Å². The highest BCUT2D eigenvalue weighted by molar-refractivity contribution is 5.98. The number of carbonyl (C=O) groups excluding carboxylic acids is 2. The molecular formula is C23H27N9O2. The molecule has 4 N–H and O–H groups in total. The van der Waals surface area contributed by atoms with Gasteiger partial charge in [-0.3, -0.25) is 9.59 Å². The molecule has 0 bridgehead atoms. The maximum Gasteiger partial charge on any atom is 0.273 e. The smallest absolute Gasteiger partial charge is 0.273 e. The van der Waals surface area contributed by atoms with E-state index < -0.39 is 17.2 Å². The van der Waals surface area contributed by atoms with Crippen LogP contribution in [0.1, 0.15) is 49.3 Å². The molecule has 0 radical (unpaired) electrons. The predicted molar refractivity (Wildman–Crippen MR) is 125 cm³/mol. The molecule has 3 aliphatic rings. The quantitative estimate of drug-likeness (QED) is 0.499. The third kappa shape index (κ3) is 2.95. The maximum atomic E-state index is 12.5. The molecule has 1 spiro atoms. The van der Waals surface area contributed by atoms with Crippen LogP contribution in [0.3, 0.4) is 0 Å². The van der Waals surface area contributed by atoms with Gasteiger partial charge >= 0.3 is 0 Å². The van der Waals surface area contributed by atoms with Gasteiger partial charge in [-0.1, -0.05) is 13.8 Å². The molecule has 3 fully saturated rings. The molecule has 2 saturated carbocycles. The average Bonchev–Trinajstić information content (AvgIpc) is 3.67. The zero-order valence-electron chi connectivity index (χ0n) is 19.4. The summed E-state index contributed by atoms with van der Waals surface area (Å²) in [6.07, 6.45) is 4.51. The molecule has 3 aromatic heterocycles. The van der Waals surface area contributed by atoms with Gasteiger partial charge in [-0.15, -0.1) is 10.2 Å². The molecule has 11 nitrogen and oxygen atoms in total. The number of hydrogen-bond acceptors (Lipinski definition) is 8. The Morgan fingerprint density at radius 3 is 2.53 bits per heavy atom. The number of pyridine rings is 1. The number of carbonyl (C=O) groups is 2. The van der Waals surface area contributed by atoms with Gasteiger partial charge in [-0.2, -0.15) is 10.1 Å². The lowest BCUT2D eigenvalue weighted by molar-refractivity contribution is -0.121. The van der Waals surface area contributed by atoms with E-state index >= 15 is 0 Å². The average molecular weight is 462 g/mol. The number of primary amides is 1. The molecule has 176 valence electrons. The van der Waals surface area contributed by atoms with E-state index in [4.69, 9.17) is 5.73 Å². The highest BCUT2D eigenvalue weighted by Gasteiger charge is 2.78. The van der Waals surface area contributed by atoms with Gasteiger partial charge in [-0.05, 0) is 48.3 Å². The van der Waals surface area contributed by atoms with Crippen LogP contribution in [0.15, 0.2) is 24.4 Å². The number of amides is 2. The minimum Gasteiger partial charge on any atom is -0.369 e. The summed E-state index contributed by atoms with van der Waals surface area (Å²) in [4.78, 5) is 31.7. The Hall–Kier alpha value is -3.76. The van der Waals surface area contributed by atoms with Gasteiger partial charge in [-0.25, -0.2) is 4.52 Å². The number of nitrogens with zero attached hydrogens (tertiary/aromatic N) is 6. The van der Waals surface area contributed by atoms with E-state index in [1.807, 2.05) is 18.3 Å². The first kappa shape index (κ1) is 20.8. The summed E-state index contributed by atoms with van der Waals surface area (Å²) in [7, 11) is 1.52. The highest BCUT2D eigenvalue weighted by atomic mass is 16.2. The zero-order valence-corrected chi connectivity index (χ0v) is 19.4. The Bertz CT molecular complexity index is 1350. The minimum absolute atomic E-state index is 0.0948. The number of fused-ring (bicyclic) bond motifs is 1. The van der Waals surface area contributed by atoms with E-state index in [9.17, 15) is 9.59 Å². The second-order valence-electron chi connectivity index (χ2n) is 10.6. The second-order valence-corrected chi connectivity index (χ2v) is 10.6. The van der Waals surface area contributed by atoms with Crippen molar-refractivity contribution in [1.29, 1.82) is 0 Å². The van der Waals surface area contributed by atoms with Crippen molar-refractivity contribution < 1.29 is 9.59 Å². The maximum absolute atomic E-state index is 12.5. The fourth-order valence-electron chi connectivity index (χ4n) is 5.44. The Morgan fingerprint density at radius 2 is 1.91 bits per heavy atom. The highest BCUT2D eigenvalue weighted by Crippen LogP contribution is 2.78. The van der Waals surface area contributed by atoms with Crippen molar-refractivity contribution in [3.8, 4) is 0 Å². The summed E-state index contributed by atoms with van der Waals surface area (Å²) in [5.74, 6) is -0.487. The Kier molecular flexibility index (Phi) is 4.07. The van der Waals surface area contributed by atoms with Crippen molar-refractivity contribution in [2.24, 2.45) is 16.6 Å². The Labute approximate surface area is 196 Å². The summed E-state index contributed by atoms with van der Waals surface area (Å²) in [5.41, 5.74) is 7.91. The molecule has 1 aliphatic heterocycles. The monoisotopic (exact) mass is 461 g/mol. The van der Waals surface area contributed by atoms with Crippen LogP contribution >= 0.6 is 0 Å². The van der Waals surface area contributed by atoms with E-state index in [2.05, 4.69) is 49.7 Å². The van der Waals surface area contributed by atoms with Gasteiger partial charge in [0.2, 0.25) is 11.9 Å². The summed E-state index contributed by atoms with van der Waals surface area (Å²) >= 11 is 0. The first-order chi connectivity index (χ1) is 16.2. The lowest BCUT2D eigenvalue weighted by atomic mass is 9.84. The lowest BCUT2D eigenvalue weighted by Gasteiger charge is -2.47. The molecule has 11 heteroatoms. The van der Waals surface area contributed by atoms with Crippen molar-refractivity contribution in [2.75, 3.05) is 30.4 Å². The SMILES string of the molecule is CNC(=O)c1nnc([C@]2(C(N)=O)CC23CC3)cc1Nc1nc2ccc(N3CC(C)(C)C3)cn2n1. The van der Waals surface area contributed by atoms with Gasteiger partial charge in [0.1, 0.15) is 0 Å². The molecule has 6 rings (SSSR count). The van der Waals surface area contributed by atoms with Gasteiger partial charge in [0.05, 0.1) is 28.7 Å². The van der Waals surface area contributed by atoms with Gasteiger partial charge in [0.25, 0.3) is 5.91 Å². The first-order valence-electron chi connectivity index (χ1n) is 11.5. The van der Waals surface area contributed by atoms with Crippen LogP contribution in [0, 0.1) is 10.8 Å².